The normalized spacial score (nSPS) is 15.8. The zero-order valence-corrected chi connectivity index (χ0v) is 14.4. The van der Waals surface area contributed by atoms with Gasteiger partial charge in [-0.25, -0.2) is 4.79 Å². The minimum Gasteiger partial charge on any atom is -0.449 e. The van der Waals surface area contributed by atoms with Gasteiger partial charge in [0.1, 0.15) is 0 Å². The van der Waals surface area contributed by atoms with E-state index < -0.39 is 17.0 Å². The van der Waals surface area contributed by atoms with Gasteiger partial charge in [0.05, 0.1) is 15.4 Å². The summed E-state index contributed by atoms with van der Waals surface area (Å²) in [5, 5.41) is 13.9. The van der Waals surface area contributed by atoms with Gasteiger partial charge in [-0.1, -0.05) is 12.8 Å². The average molecular weight is 352 g/mol. The first-order valence-electron chi connectivity index (χ1n) is 7.76. The van der Waals surface area contributed by atoms with Crippen LogP contribution in [-0.4, -0.2) is 35.2 Å². The van der Waals surface area contributed by atoms with Crippen LogP contribution in [0.4, 0.5) is 5.69 Å². The van der Waals surface area contributed by atoms with Gasteiger partial charge in [0.2, 0.25) is 0 Å². The Hall–Kier alpha value is -2.09. The topological polar surface area (TPSA) is 98.5 Å². The molecule has 0 unspecified atom stereocenters. The van der Waals surface area contributed by atoms with Gasteiger partial charge in [0.15, 0.2) is 6.10 Å². The van der Waals surface area contributed by atoms with Crippen LogP contribution >= 0.6 is 11.8 Å². The summed E-state index contributed by atoms with van der Waals surface area (Å²) in [5.41, 5.74) is -0.0972. The van der Waals surface area contributed by atoms with Crippen LogP contribution in [0.3, 0.4) is 0 Å². The molecule has 1 aromatic carbocycles. The van der Waals surface area contributed by atoms with Gasteiger partial charge in [-0.15, -0.1) is 11.8 Å². The third kappa shape index (κ3) is 4.47. The maximum atomic E-state index is 12.1. The number of nitro groups is 1. The summed E-state index contributed by atoms with van der Waals surface area (Å²) in [5.74, 6) is -1.09. The maximum Gasteiger partial charge on any atom is 0.339 e. The largest absolute Gasteiger partial charge is 0.449 e. The molecule has 8 heteroatoms. The van der Waals surface area contributed by atoms with Crippen LogP contribution in [0.25, 0.3) is 0 Å². The van der Waals surface area contributed by atoms with E-state index in [1.165, 1.54) is 36.9 Å². The molecule has 0 heterocycles. The monoisotopic (exact) mass is 352 g/mol. The summed E-state index contributed by atoms with van der Waals surface area (Å²) in [4.78, 5) is 35.2. The van der Waals surface area contributed by atoms with E-state index in [-0.39, 0.29) is 23.2 Å². The summed E-state index contributed by atoms with van der Waals surface area (Å²) in [6.07, 6.45) is 4.83. The van der Waals surface area contributed by atoms with E-state index in [0.717, 1.165) is 25.7 Å². The van der Waals surface area contributed by atoms with E-state index in [0.29, 0.717) is 4.90 Å². The average Bonchev–Trinajstić information content (AvgIpc) is 3.06. The molecule has 1 saturated carbocycles. The maximum absolute atomic E-state index is 12.1. The number of hydrogen-bond acceptors (Lipinski definition) is 6. The zero-order valence-electron chi connectivity index (χ0n) is 13.6. The Kier molecular flexibility index (Phi) is 6.19. The molecule has 1 aliphatic rings. The molecule has 7 nitrogen and oxygen atoms in total. The lowest BCUT2D eigenvalue weighted by Gasteiger charge is -2.17. The molecule has 1 fully saturated rings. The molecule has 2 rings (SSSR count). The fraction of sp³-hybridized carbons (Fsp3) is 0.500. The molecule has 0 saturated heterocycles. The first kappa shape index (κ1) is 18.3. The molecule has 1 aliphatic carbocycles. The second-order valence-corrected chi connectivity index (χ2v) is 6.53. The molecule has 1 amide bonds. The van der Waals surface area contributed by atoms with Crippen LogP contribution < -0.4 is 5.32 Å². The molecule has 0 aliphatic heterocycles. The number of hydrogen-bond donors (Lipinski definition) is 1. The predicted molar refractivity (Wildman–Crippen MR) is 90.2 cm³/mol. The highest BCUT2D eigenvalue weighted by molar-refractivity contribution is 7.98. The van der Waals surface area contributed by atoms with Gasteiger partial charge in [-0.2, -0.15) is 0 Å². The Morgan fingerprint density at radius 2 is 2.04 bits per heavy atom. The van der Waals surface area contributed by atoms with Crippen LogP contribution in [-0.2, 0) is 9.53 Å². The van der Waals surface area contributed by atoms with Crippen LogP contribution in [0.5, 0.6) is 0 Å². The first-order chi connectivity index (χ1) is 11.4. The summed E-state index contributed by atoms with van der Waals surface area (Å²) >= 11 is 1.22. The molecule has 0 radical (unpaired) electrons. The zero-order chi connectivity index (χ0) is 17.7. The standard InChI is InChI=1S/C16H20N2O5S/c1-10(15(19)17-12-5-3-4-6-12)23-16(20)11-7-8-14(24-2)13(9-11)18(21)22/h7-10,12H,3-6H2,1-2H3,(H,17,19)/t10-/m1/s1. The van der Waals surface area contributed by atoms with Gasteiger partial charge in [0.25, 0.3) is 11.6 Å². The Balaban J connectivity index is 2.01. The van der Waals surface area contributed by atoms with Gasteiger partial charge in [0, 0.05) is 12.1 Å². The highest BCUT2D eigenvalue weighted by atomic mass is 32.2. The quantitative estimate of drug-likeness (QED) is 0.366. The number of carbonyl (C=O) groups excluding carboxylic acids is 2. The smallest absolute Gasteiger partial charge is 0.339 e. The number of esters is 1. The van der Waals surface area contributed by atoms with Crippen molar-refractivity contribution in [3.8, 4) is 0 Å². The first-order valence-corrected chi connectivity index (χ1v) is 8.98. The van der Waals surface area contributed by atoms with Crippen molar-refractivity contribution in [2.45, 2.75) is 49.6 Å². The van der Waals surface area contributed by atoms with Crippen molar-refractivity contribution in [1.29, 1.82) is 0 Å². The summed E-state index contributed by atoms with van der Waals surface area (Å²) in [6.45, 7) is 1.49. The van der Waals surface area contributed by atoms with Gasteiger partial charge < -0.3 is 10.1 Å². The minimum absolute atomic E-state index is 0.0556. The Labute approximate surface area is 144 Å². The molecule has 0 aromatic heterocycles. The van der Waals surface area contributed by atoms with Gasteiger partial charge in [-0.3, -0.25) is 14.9 Å². The lowest BCUT2D eigenvalue weighted by Crippen LogP contribution is -2.40. The van der Waals surface area contributed by atoms with Crippen molar-refractivity contribution in [3.05, 3.63) is 33.9 Å². The highest BCUT2D eigenvalue weighted by Crippen LogP contribution is 2.28. The van der Waals surface area contributed by atoms with Crippen molar-refractivity contribution in [2.75, 3.05) is 6.26 Å². The number of thioether (sulfide) groups is 1. The van der Waals surface area contributed by atoms with E-state index in [2.05, 4.69) is 5.32 Å². The number of nitrogens with zero attached hydrogens (tertiary/aromatic N) is 1. The minimum atomic E-state index is -0.947. The predicted octanol–water partition coefficient (Wildman–Crippen LogP) is 2.92. The molecule has 1 atom stereocenters. The summed E-state index contributed by atoms with van der Waals surface area (Å²) in [7, 11) is 0. The SMILES string of the molecule is CSc1ccc(C(=O)O[C@H](C)C(=O)NC2CCCC2)cc1[N+](=O)[O-]. The summed E-state index contributed by atoms with van der Waals surface area (Å²) < 4.78 is 5.14. The molecule has 0 spiro atoms. The molecule has 24 heavy (non-hydrogen) atoms. The van der Waals surface area contributed by atoms with E-state index in [1.807, 2.05) is 0 Å². The van der Waals surface area contributed by atoms with E-state index in [4.69, 9.17) is 4.74 Å². The summed E-state index contributed by atoms with van der Waals surface area (Å²) in [6, 6.07) is 4.28. The third-order valence-corrected chi connectivity index (χ3v) is 4.75. The number of amides is 1. The highest BCUT2D eigenvalue weighted by Gasteiger charge is 2.24. The van der Waals surface area contributed by atoms with Gasteiger partial charge >= 0.3 is 5.97 Å². The lowest BCUT2D eigenvalue weighted by molar-refractivity contribution is -0.387. The second-order valence-electron chi connectivity index (χ2n) is 5.68. The van der Waals surface area contributed by atoms with E-state index in [1.54, 1.807) is 6.26 Å². The fourth-order valence-electron chi connectivity index (χ4n) is 2.63. The number of nitro benzene ring substituents is 1. The van der Waals surface area contributed by atoms with Gasteiger partial charge in [-0.05, 0) is 38.2 Å². The fourth-order valence-corrected chi connectivity index (χ4v) is 3.18. The third-order valence-electron chi connectivity index (χ3n) is 3.97. The molecule has 0 bridgehead atoms. The van der Waals surface area contributed by atoms with Crippen LogP contribution in [0, 0.1) is 10.1 Å². The molecule has 1 N–H and O–H groups in total. The molecular weight excluding hydrogens is 332 g/mol. The Morgan fingerprint density at radius 1 is 1.38 bits per heavy atom. The number of benzene rings is 1. The Bertz CT molecular complexity index is 643. The van der Waals surface area contributed by atoms with Crippen molar-refractivity contribution in [3.63, 3.8) is 0 Å². The number of nitrogens with one attached hydrogen (secondary N) is 1. The van der Waals surface area contributed by atoms with Crippen LogP contribution in [0.2, 0.25) is 0 Å². The van der Waals surface area contributed by atoms with Crippen LogP contribution in [0.1, 0.15) is 43.0 Å². The van der Waals surface area contributed by atoms with Crippen molar-refractivity contribution in [2.24, 2.45) is 0 Å². The van der Waals surface area contributed by atoms with E-state index in [9.17, 15) is 19.7 Å². The molecule has 1 aromatic rings. The second kappa shape index (κ2) is 8.14. The number of carbonyl (C=O) groups is 2. The van der Waals surface area contributed by atoms with E-state index >= 15 is 0 Å². The molecule has 130 valence electrons. The van der Waals surface area contributed by atoms with Crippen molar-refractivity contribution in [1.82, 2.24) is 5.32 Å². The van der Waals surface area contributed by atoms with Crippen LogP contribution in [0.15, 0.2) is 23.1 Å². The van der Waals surface area contributed by atoms with Crippen molar-refractivity contribution >= 4 is 29.3 Å². The molecular formula is C16H20N2O5S. The lowest BCUT2D eigenvalue weighted by atomic mass is 10.2. The van der Waals surface area contributed by atoms with Crippen molar-refractivity contribution < 1.29 is 19.2 Å². The number of ether oxygens (including phenoxy) is 1. The number of rotatable bonds is 6. The Morgan fingerprint density at radius 3 is 2.62 bits per heavy atom.